The van der Waals surface area contributed by atoms with Crippen molar-refractivity contribution in [2.75, 3.05) is 0 Å². The minimum absolute atomic E-state index is 0. The number of hydrogen-bond donors (Lipinski definition) is 1. The van der Waals surface area contributed by atoms with Crippen LogP contribution in [0.4, 0.5) is 4.39 Å². The summed E-state index contributed by atoms with van der Waals surface area (Å²) >= 11 is 0. The molecule has 1 N–H and O–H groups in total. The van der Waals surface area contributed by atoms with Gasteiger partial charge in [0.05, 0.1) is 5.91 Å². The van der Waals surface area contributed by atoms with Crippen LogP contribution in [0.5, 0.6) is 0 Å². The number of carbonyl (C=O) groups is 2. The maximum atomic E-state index is 13.3. The summed E-state index contributed by atoms with van der Waals surface area (Å²) in [4.78, 5) is 41.4. The molecule has 1 aromatic rings. The second-order valence-electron chi connectivity index (χ2n) is 4.93. The molecule has 1 aliphatic heterocycles. The van der Waals surface area contributed by atoms with Gasteiger partial charge in [0, 0.05) is 12.2 Å². The summed E-state index contributed by atoms with van der Waals surface area (Å²) in [5.74, 6) is -0.959. The molecule has 5 nitrogen and oxygen atoms in total. The molecule has 0 unspecified atom stereocenters. The van der Waals surface area contributed by atoms with E-state index < -0.39 is 5.82 Å². The van der Waals surface area contributed by atoms with Crippen molar-refractivity contribution in [3.8, 4) is 0 Å². The Hall–Kier alpha value is -1.90. The molecule has 0 aromatic heterocycles. The molecule has 0 bridgehead atoms. The minimum atomic E-state index is -0.489. The van der Waals surface area contributed by atoms with Crippen LogP contribution in [0.1, 0.15) is 49.3 Å². The van der Waals surface area contributed by atoms with Crippen LogP contribution in [0, 0.1) is 12.2 Å². The largest absolute Gasteiger partial charge is 1.00 e. The summed E-state index contributed by atoms with van der Waals surface area (Å²) in [6, 6.07) is 2.36. The number of amides is 2. The molecule has 2 amide bonds. The first-order valence-corrected chi connectivity index (χ1v) is 6.65. The van der Waals surface area contributed by atoms with Crippen LogP contribution in [0.2, 0.25) is 0 Å². The van der Waals surface area contributed by atoms with Crippen molar-refractivity contribution in [1.29, 1.82) is 0 Å². The van der Waals surface area contributed by atoms with Crippen LogP contribution in [0.3, 0.4) is 0 Å². The number of halogens is 1. The summed E-state index contributed by atoms with van der Waals surface area (Å²) in [6.45, 7) is 3.61. The Labute approximate surface area is 146 Å². The SMILES string of the molecule is CC(C)c1cc([C-]=O)c([C-]=O)cc1F.O=C1[CH-]CCC(=O)N1.[Li+]. The van der Waals surface area contributed by atoms with Gasteiger partial charge in [0.2, 0.25) is 5.91 Å². The van der Waals surface area contributed by atoms with E-state index in [4.69, 9.17) is 0 Å². The maximum Gasteiger partial charge on any atom is 1.00 e. The van der Waals surface area contributed by atoms with E-state index >= 15 is 0 Å². The summed E-state index contributed by atoms with van der Waals surface area (Å²) in [6.07, 6.45) is 5.60. The van der Waals surface area contributed by atoms with E-state index in [2.05, 4.69) is 5.32 Å². The number of nitrogens with one attached hydrogen (secondary N) is 1. The van der Waals surface area contributed by atoms with Crippen molar-refractivity contribution in [3.05, 3.63) is 41.1 Å². The number of piperidine rings is 1. The first-order chi connectivity index (χ1) is 10.4. The van der Waals surface area contributed by atoms with Crippen LogP contribution in [-0.4, -0.2) is 24.4 Å². The molecule has 0 saturated carbocycles. The maximum absolute atomic E-state index is 13.3. The fourth-order valence-corrected chi connectivity index (χ4v) is 1.79. The molecular weight excluding hydrogens is 296 g/mol. The molecule has 23 heavy (non-hydrogen) atoms. The quantitative estimate of drug-likeness (QED) is 0.418. The fraction of sp³-hybridized carbons (Fsp3) is 0.312. The van der Waals surface area contributed by atoms with Gasteiger partial charge in [0.15, 0.2) is 0 Å². The first kappa shape index (κ1) is 21.1. The molecule has 0 aliphatic carbocycles. The predicted molar refractivity (Wildman–Crippen MR) is 76.8 cm³/mol. The molecule has 1 saturated heterocycles. The van der Waals surface area contributed by atoms with Crippen LogP contribution >= 0.6 is 0 Å². The topological polar surface area (TPSA) is 80.3 Å². The Morgan fingerprint density at radius 3 is 2.13 bits per heavy atom. The Bertz CT molecular complexity index is 588. The number of imide groups is 1. The standard InChI is InChI=1S/C11H9FO2.C5H6NO2.Li/c1-7(2)10-3-8(5-13)9(6-14)4-11(10)12;7-4-2-1-3-5(8)6-4;/h3-4,7H,1-2H3;2H,1,3H2,(H,6,7,8);/q-2;-1;+1. The summed E-state index contributed by atoms with van der Waals surface area (Å²) in [5, 5.41) is 2.15. The number of rotatable bonds is 3. The van der Waals surface area contributed by atoms with E-state index in [1.807, 2.05) is 0 Å². The first-order valence-electron chi connectivity index (χ1n) is 6.65. The molecule has 1 fully saturated rings. The molecule has 0 atom stereocenters. The van der Waals surface area contributed by atoms with E-state index in [1.165, 1.54) is 18.8 Å². The third-order valence-corrected chi connectivity index (χ3v) is 2.94. The fourth-order valence-electron chi connectivity index (χ4n) is 1.79. The molecule has 7 heteroatoms. The van der Waals surface area contributed by atoms with E-state index in [-0.39, 0.29) is 47.7 Å². The molecule has 118 valence electrons. The van der Waals surface area contributed by atoms with Crippen molar-refractivity contribution in [1.82, 2.24) is 5.32 Å². The van der Waals surface area contributed by atoms with E-state index in [1.54, 1.807) is 20.1 Å². The average molecular weight is 311 g/mol. The van der Waals surface area contributed by atoms with Crippen molar-refractivity contribution in [2.24, 2.45) is 0 Å². The number of carbonyl (C=O) groups excluding carboxylic acids is 4. The van der Waals surface area contributed by atoms with Crippen molar-refractivity contribution in [3.63, 3.8) is 0 Å². The van der Waals surface area contributed by atoms with Crippen LogP contribution < -0.4 is 24.2 Å². The van der Waals surface area contributed by atoms with Crippen molar-refractivity contribution >= 4 is 24.4 Å². The molecule has 0 radical (unpaired) electrons. The molecule has 1 aromatic carbocycles. The smallest absolute Gasteiger partial charge is 0.391 e. The van der Waals surface area contributed by atoms with Gasteiger partial charge in [-0.05, 0) is 18.5 Å². The Morgan fingerprint density at radius 1 is 1.17 bits per heavy atom. The van der Waals surface area contributed by atoms with Gasteiger partial charge in [0.25, 0.3) is 0 Å². The number of benzene rings is 1. The van der Waals surface area contributed by atoms with E-state index in [0.29, 0.717) is 18.4 Å². The van der Waals surface area contributed by atoms with Crippen molar-refractivity contribution in [2.45, 2.75) is 32.6 Å². The van der Waals surface area contributed by atoms with Gasteiger partial charge in [-0.25, -0.2) is 10.5 Å². The summed E-state index contributed by atoms with van der Waals surface area (Å²) in [7, 11) is 0. The van der Waals surface area contributed by atoms with E-state index in [9.17, 15) is 23.6 Å². The Kier molecular flexibility index (Phi) is 9.16. The van der Waals surface area contributed by atoms with Gasteiger partial charge < -0.3 is 26.1 Å². The summed E-state index contributed by atoms with van der Waals surface area (Å²) in [5.41, 5.74) is 0.384. The van der Waals surface area contributed by atoms with Gasteiger partial charge in [-0.3, -0.25) is 15.9 Å². The van der Waals surface area contributed by atoms with Crippen LogP contribution in [0.25, 0.3) is 0 Å². The predicted octanol–water partition coefficient (Wildman–Crippen LogP) is -1.50. The van der Waals surface area contributed by atoms with Gasteiger partial charge >= 0.3 is 18.9 Å². The molecular formula is C16H15FLiNO4-2. The normalized spacial score (nSPS) is 13.0. The monoisotopic (exact) mass is 311 g/mol. The van der Waals surface area contributed by atoms with Gasteiger partial charge in [-0.15, -0.1) is 0 Å². The summed E-state index contributed by atoms with van der Waals surface area (Å²) < 4.78 is 13.3. The minimum Gasteiger partial charge on any atom is -0.391 e. The zero-order valence-electron chi connectivity index (χ0n) is 13.2. The average Bonchev–Trinajstić information content (AvgIpc) is 2.46. The third kappa shape index (κ3) is 6.39. The molecule has 2 rings (SSSR count). The molecule has 1 aliphatic rings. The van der Waals surface area contributed by atoms with Crippen LogP contribution in [0.15, 0.2) is 12.1 Å². The van der Waals surface area contributed by atoms with Gasteiger partial charge in [-0.2, -0.15) is 12.5 Å². The third-order valence-electron chi connectivity index (χ3n) is 2.94. The zero-order valence-corrected chi connectivity index (χ0v) is 13.2. The second-order valence-corrected chi connectivity index (χ2v) is 4.93. The van der Waals surface area contributed by atoms with Crippen LogP contribution in [-0.2, 0) is 19.2 Å². The molecule has 0 spiro atoms. The van der Waals surface area contributed by atoms with Crippen molar-refractivity contribution < 1.29 is 42.4 Å². The Morgan fingerprint density at radius 2 is 1.74 bits per heavy atom. The zero-order chi connectivity index (χ0) is 16.7. The van der Waals surface area contributed by atoms with Gasteiger partial charge in [-0.1, -0.05) is 19.4 Å². The second kappa shape index (κ2) is 9.98. The van der Waals surface area contributed by atoms with E-state index in [0.717, 1.165) is 6.07 Å². The van der Waals surface area contributed by atoms with Gasteiger partial charge in [0.1, 0.15) is 0 Å². The Balaban J connectivity index is 0.000000460. The molecule has 1 heterocycles. The number of hydrogen-bond acceptors (Lipinski definition) is 4.